The average Bonchev–Trinajstić information content (AvgIpc) is 3.12. The third kappa shape index (κ3) is 7.88. The van der Waals surface area contributed by atoms with E-state index in [0.717, 1.165) is 4.90 Å². The first-order valence-electron chi connectivity index (χ1n) is 17.0. The van der Waals surface area contributed by atoms with Gasteiger partial charge in [-0.1, -0.05) is 132 Å². The molecule has 0 aromatic heterocycles. The Morgan fingerprint density at radius 1 is 0.460 bits per heavy atom. The summed E-state index contributed by atoms with van der Waals surface area (Å²) >= 11 is 1.73. The smallest absolute Gasteiger partial charge is 0.193 e. The Morgan fingerprint density at radius 3 is 1.42 bits per heavy atom. The maximum Gasteiger partial charge on any atom is 0.193 e. The normalized spacial score (nSPS) is 12.4. The highest BCUT2D eigenvalue weighted by Gasteiger charge is 2.36. The van der Waals surface area contributed by atoms with Crippen molar-refractivity contribution in [2.45, 2.75) is 76.8 Å². The maximum absolute atomic E-state index is 13.3. The van der Waals surface area contributed by atoms with Crippen molar-refractivity contribution < 1.29 is 9.59 Å². The van der Waals surface area contributed by atoms with Gasteiger partial charge in [-0.2, -0.15) is 0 Å². The summed E-state index contributed by atoms with van der Waals surface area (Å²) in [6.07, 6.45) is 0. The van der Waals surface area contributed by atoms with Crippen LogP contribution in [0.4, 0.5) is 0 Å². The van der Waals surface area contributed by atoms with Crippen molar-refractivity contribution in [1.82, 2.24) is 0 Å². The van der Waals surface area contributed by atoms with Gasteiger partial charge in [0.25, 0.3) is 0 Å². The molecule has 0 aliphatic rings. The lowest BCUT2D eigenvalue weighted by Gasteiger charge is -2.25. The molecule has 6 aromatic carbocycles. The summed E-state index contributed by atoms with van der Waals surface area (Å²) in [6, 6.07) is 50.8. The Kier molecular flexibility index (Phi) is 10.3. The molecular formula is C46H43O2S2+. The lowest BCUT2D eigenvalue weighted by molar-refractivity contribution is 0.103. The lowest BCUT2D eigenvalue weighted by Crippen LogP contribution is -2.19. The summed E-state index contributed by atoms with van der Waals surface area (Å²) in [7, 11) is -0.423. The van der Waals surface area contributed by atoms with Gasteiger partial charge in [0.15, 0.2) is 26.3 Å². The third-order valence-corrected chi connectivity index (χ3v) is 12.0. The van der Waals surface area contributed by atoms with Crippen LogP contribution >= 0.6 is 11.8 Å². The van der Waals surface area contributed by atoms with Gasteiger partial charge in [0.05, 0.1) is 10.9 Å². The highest BCUT2D eigenvalue weighted by atomic mass is 32.2. The van der Waals surface area contributed by atoms with Gasteiger partial charge in [-0.15, -0.1) is 0 Å². The molecule has 0 aliphatic heterocycles. The van der Waals surface area contributed by atoms with Gasteiger partial charge >= 0.3 is 0 Å². The molecule has 0 aliphatic carbocycles. The predicted octanol–water partition coefficient (Wildman–Crippen LogP) is 12.0. The summed E-state index contributed by atoms with van der Waals surface area (Å²) in [4.78, 5) is 32.3. The van der Waals surface area contributed by atoms with E-state index in [1.54, 1.807) is 11.8 Å². The minimum Gasteiger partial charge on any atom is -0.289 e. The monoisotopic (exact) mass is 691 g/mol. The summed E-state index contributed by atoms with van der Waals surface area (Å²) in [5.41, 5.74) is 5.17. The number of hydrogen-bond donors (Lipinski definition) is 0. The van der Waals surface area contributed by atoms with Gasteiger partial charge in [-0.25, -0.2) is 0 Å². The molecule has 6 aromatic rings. The summed E-state index contributed by atoms with van der Waals surface area (Å²) in [5.74, 6) is 0.0582. The molecule has 0 saturated carbocycles. The molecule has 0 spiro atoms. The second-order valence-electron chi connectivity index (χ2n) is 14.5. The molecule has 0 fully saturated rings. The van der Waals surface area contributed by atoms with Gasteiger partial charge in [0.1, 0.15) is 0 Å². The summed E-state index contributed by atoms with van der Waals surface area (Å²) in [5, 5.41) is 0. The molecule has 0 radical (unpaired) electrons. The van der Waals surface area contributed by atoms with Crippen LogP contribution in [0.2, 0.25) is 0 Å². The van der Waals surface area contributed by atoms with Crippen molar-refractivity contribution in [3.05, 3.63) is 185 Å². The minimum absolute atomic E-state index is 0.0287. The predicted molar refractivity (Wildman–Crippen MR) is 209 cm³/mol. The van der Waals surface area contributed by atoms with E-state index in [9.17, 15) is 9.59 Å². The zero-order chi connectivity index (χ0) is 35.5. The molecule has 250 valence electrons. The quantitative estimate of drug-likeness (QED) is 0.112. The van der Waals surface area contributed by atoms with Crippen molar-refractivity contribution >= 4 is 34.2 Å². The molecule has 0 heterocycles. The van der Waals surface area contributed by atoms with Crippen molar-refractivity contribution in [3.63, 3.8) is 0 Å². The van der Waals surface area contributed by atoms with Crippen molar-refractivity contribution in [2.75, 3.05) is 0 Å². The van der Waals surface area contributed by atoms with E-state index in [2.05, 4.69) is 96.1 Å². The number of hydrogen-bond acceptors (Lipinski definition) is 3. The van der Waals surface area contributed by atoms with Crippen LogP contribution in [0.3, 0.4) is 0 Å². The van der Waals surface area contributed by atoms with E-state index in [4.69, 9.17) is 0 Å². The standard InChI is InChI=1S/C46H43O2S2/c1-45(2,3)39-19-13-14-20-42(39)50(37-27-23-35(24-28-37)44(48)33-17-11-8-12-18-33)38-29-30-41(40(31-38)46(4,5)6)49-36-25-21-34(22-26-36)43(47)32-15-9-7-10-16-32/h7-31H,1-6H3/q+1. The van der Waals surface area contributed by atoms with Crippen LogP contribution in [-0.2, 0) is 21.7 Å². The maximum atomic E-state index is 13.3. The molecule has 0 N–H and O–H groups in total. The highest BCUT2D eigenvalue weighted by molar-refractivity contribution is 7.99. The number of rotatable bonds is 9. The lowest BCUT2D eigenvalue weighted by atomic mass is 9.87. The van der Waals surface area contributed by atoms with E-state index < -0.39 is 10.9 Å². The highest BCUT2D eigenvalue weighted by Crippen LogP contribution is 2.42. The third-order valence-electron chi connectivity index (χ3n) is 8.68. The molecule has 0 bridgehead atoms. The van der Waals surface area contributed by atoms with Gasteiger partial charge in [-0.3, -0.25) is 9.59 Å². The van der Waals surface area contributed by atoms with Crippen LogP contribution in [0.5, 0.6) is 0 Å². The Morgan fingerprint density at radius 2 is 0.900 bits per heavy atom. The molecular weight excluding hydrogens is 649 g/mol. The largest absolute Gasteiger partial charge is 0.289 e. The Balaban J connectivity index is 1.39. The first-order valence-corrected chi connectivity index (χ1v) is 19.0. The fraction of sp³-hybridized carbons (Fsp3) is 0.174. The molecule has 50 heavy (non-hydrogen) atoms. The molecule has 1 unspecified atom stereocenters. The molecule has 4 heteroatoms. The number of carbonyl (C=O) groups excluding carboxylic acids is 2. The molecule has 0 saturated heterocycles. The molecule has 6 rings (SSSR count). The van der Waals surface area contributed by atoms with E-state index in [0.29, 0.717) is 22.3 Å². The summed E-state index contributed by atoms with van der Waals surface area (Å²) < 4.78 is 0. The zero-order valence-electron chi connectivity index (χ0n) is 29.6. The van der Waals surface area contributed by atoms with Crippen LogP contribution in [0.1, 0.15) is 84.5 Å². The fourth-order valence-corrected chi connectivity index (χ4v) is 9.60. The first kappa shape index (κ1) is 35.2. The number of ketones is 2. The van der Waals surface area contributed by atoms with E-state index in [1.807, 2.05) is 97.1 Å². The Hall–Kier alpha value is -4.64. The van der Waals surface area contributed by atoms with Crippen LogP contribution < -0.4 is 0 Å². The van der Waals surface area contributed by atoms with E-state index in [-0.39, 0.29) is 22.4 Å². The Bertz CT molecular complexity index is 2100. The molecule has 1 atom stereocenters. The van der Waals surface area contributed by atoms with E-state index in [1.165, 1.54) is 30.7 Å². The van der Waals surface area contributed by atoms with Crippen LogP contribution in [0.25, 0.3) is 0 Å². The second-order valence-corrected chi connectivity index (χ2v) is 17.6. The van der Waals surface area contributed by atoms with Crippen molar-refractivity contribution in [3.8, 4) is 0 Å². The fourth-order valence-electron chi connectivity index (χ4n) is 6.02. The van der Waals surface area contributed by atoms with Gasteiger partial charge in [0, 0.05) is 37.6 Å². The topological polar surface area (TPSA) is 34.1 Å². The number of benzene rings is 6. The SMILES string of the molecule is CC(C)(C)c1cc([S+](c2ccc(C(=O)c3ccccc3)cc2)c2ccccc2C(C)(C)C)ccc1Sc1ccc(C(=O)c2ccccc2)cc1. The van der Waals surface area contributed by atoms with Gasteiger partial charge in [-0.05, 0) is 89.2 Å². The van der Waals surface area contributed by atoms with Gasteiger partial charge < -0.3 is 0 Å². The van der Waals surface area contributed by atoms with Crippen LogP contribution in [-0.4, -0.2) is 11.6 Å². The zero-order valence-corrected chi connectivity index (χ0v) is 31.2. The second kappa shape index (κ2) is 14.7. The minimum atomic E-state index is -0.423. The van der Waals surface area contributed by atoms with E-state index >= 15 is 0 Å². The average molecular weight is 692 g/mol. The first-order chi connectivity index (χ1) is 23.9. The van der Waals surface area contributed by atoms with Crippen molar-refractivity contribution in [2.24, 2.45) is 0 Å². The van der Waals surface area contributed by atoms with Crippen LogP contribution in [0.15, 0.2) is 176 Å². The van der Waals surface area contributed by atoms with Crippen molar-refractivity contribution in [1.29, 1.82) is 0 Å². The molecule has 2 nitrogen and oxygen atoms in total. The van der Waals surface area contributed by atoms with Crippen LogP contribution in [0, 0.1) is 0 Å². The van der Waals surface area contributed by atoms with Gasteiger partial charge in [0.2, 0.25) is 0 Å². The summed E-state index contributed by atoms with van der Waals surface area (Å²) in [6.45, 7) is 13.6. The molecule has 0 amide bonds. The Labute approximate surface area is 304 Å². The number of carbonyl (C=O) groups is 2.